The lowest BCUT2D eigenvalue weighted by atomic mass is 10.1. The van der Waals surface area contributed by atoms with Crippen LogP contribution in [0.25, 0.3) is 0 Å². The Balaban J connectivity index is 2.08. The van der Waals surface area contributed by atoms with Crippen LogP contribution in [0.3, 0.4) is 0 Å². The van der Waals surface area contributed by atoms with E-state index in [1.54, 1.807) is 0 Å². The van der Waals surface area contributed by atoms with Crippen LogP contribution in [-0.2, 0) is 13.0 Å². The second-order valence-corrected chi connectivity index (χ2v) is 4.39. The molecule has 0 radical (unpaired) electrons. The fourth-order valence-corrected chi connectivity index (χ4v) is 2.27. The van der Waals surface area contributed by atoms with Crippen LogP contribution in [0.5, 0.6) is 0 Å². The first-order valence-corrected chi connectivity index (χ1v) is 5.98. The van der Waals surface area contributed by atoms with Gasteiger partial charge in [0.2, 0.25) is 5.95 Å². The van der Waals surface area contributed by atoms with Gasteiger partial charge in [-0.25, -0.2) is 4.98 Å². The van der Waals surface area contributed by atoms with Crippen LogP contribution in [0.2, 0.25) is 0 Å². The zero-order valence-corrected chi connectivity index (χ0v) is 10.3. The van der Waals surface area contributed by atoms with Crippen molar-refractivity contribution in [3.05, 3.63) is 29.7 Å². The molecule has 6 nitrogen and oxygen atoms in total. The van der Waals surface area contributed by atoms with Crippen LogP contribution in [0, 0.1) is 0 Å². The Hall–Kier alpha value is -2.08. The first-order valence-electron chi connectivity index (χ1n) is 5.98. The highest BCUT2D eigenvalue weighted by molar-refractivity contribution is 5.63. The monoisotopic (exact) mass is 244 g/mol. The Morgan fingerprint density at radius 1 is 1.39 bits per heavy atom. The zero-order chi connectivity index (χ0) is 12.5. The number of hydrogen-bond acceptors (Lipinski definition) is 5. The number of nitrogens with zero attached hydrogens (tertiary/aromatic N) is 3. The summed E-state index contributed by atoms with van der Waals surface area (Å²) in [6, 6.07) is 2.00. The van der Waals surface area contributed by atoms with Gasteiger partial charge in [-0.3, -0.25) is 0 Å². The Morgan fingerprint density at radius 2 is 2.28 bits per heavy atom. The lowest BCUT2D eigenvalue weighted by Crippen LogP contribution is -2.28. The van der Waals surface area contributed by atoms with E-state index in [1.165, 1.54) is 0 Å². The van der Waals surface area contributed by atoms with Gasteiger partial charge in [-0.15, -0.1) is 0 Å². The molecule has 0 bridgehead atoms. The number of nitrogens with one attached hydrogen (secondary N) is 2. The maximum absolute atomic E-state index is 5.80. The summed E-state index contributed by atoms with van der Waals surface area (Å²) in [7, 11) is 1.99. The summed E-state index contributed by atoms with van der Waals surface area (Å²) in [5, 5.41) is 3.35. The molecule has 0 saturated heterocycles. The Labute approximate surface area is 105 Å². The molecule has 0 aromatic carbocycles. The van der Waals surface area contributed by atoms with Gasteiger partial charge in [-0.05, 0) is 6.07 Å². The van der Waals surface area contributed by atoms with E-state index >= 15 is 0 Å². The van der Waals surface area contributed by atoms with Crippen LogP contribution in [0.15, 0.2) is 18.5 Å². The van der Waals surface area contributed by atoms with Crippen LogP contribution >= 0.6 is 0 Å². The number of anilines is 3. The molecule has 1 aliphatic rings. The fraction of sp³-hybridized carbons (Fsp3) is 0.333. The Kier molecular flexibility index (Phi) is 2.64. The number of nitrogens with two attached hydrogens (primary N) is 1. The lowest BCUT2D eigenvalue weighted by Gasteiger charge is -2.24. The van der Waals surface area contributed by atoms with E-state index in [1.807, 2.05) is 30.4 Å². The molecule has 0 saturated carbocycles. The van der Waals surface area contributed by atoms with E-state index in [0.29, 0.717) is 5.95 Å². The quantitative estimate of drug-likeness (QED) is 0.728. The molecule has 2 aromatic heterocycles. The predicted octanol–water partition coefficient (Wildman–Crippen LogP) is 0.800. The summed E-state index contributed by atoms with van der Waals surface area (Å²) in [5.41, 5.74) is 9.05. The van der Waals surface area contributed by atoms with Crippen molar-refractivity contribution in [3.63, 3.8) is 0 Å². The van der Waals surface area contributed by atoms with Crippen LogP contribution in [-0.4, -0.2) is 28.5 Å². The number of hydrogen-bond donors (Lipinski definition) is 3. The van der Waals surface area contributed by atoms with Crippen molar-refractivity contribution >= 4 is 17.5 Å². The van der Waals surface area contributed by atoms with Gasteiger partial charge >= 0.3 is 0 Å². The maximum Gasteiger partial charge on any atom is 0.222 e. The number of rotatable bonds is 2. The van der Waals surface area contributed by atoms with Crippen molar-refractivity contribution in [1.82, 2.24) is 20.3 Å². The summed E-state index contributed by atoms with van der Waals surface area (Å²) in [6.45, 7) is 1.73. The average molecular weight is 244 g/mol. The maximum atomic E-state index is 5.80. The number of H-pyrrole nitrogens is 1. The van der Waals surface area contributed by atoms with E-state index in [2.05, 4.69) is 20.3 Å². The molecule has 3 rings (SSSR count). The van der Waals surface area contributed by atoms with Gasteiger partial charge in [0.25, 0.3) is 0 Å². The molecule has 0 fully saturated rings. The third-order valence-electron chi connectivity index (χ3n) is 3.22. The molecule has 4 N–H and O–H groups in total. The van der Waals surface area contributed by atoms with Gasteiger partial charge in [0.05, 0.1) is 11.4 Å². The number of aromatic amines is 1. The van der Waals surface area contributed by atoms with Crippen molar-refractivity contribution < 1.29 is 0 Å². The van der Waals surface area contributed by atoms with E-state index < -0.39 is 0 Å². The normalized spacial score (nSPS) is 14.3. The van der Waals surface area contributed by atoms with E-state index in [0.717, 1.165) is 42.3 Å². The summed E-state index contributed by atoms with van der Waals surface area (Å²) in [5.74, 6) is 1.22. The summed E-state index contributed by atoms with van der Waals surface area (Å²) >= 11 is 0. The van der Waals surface area contributed by atoms with E-state index in [4.69, 9.17) is 5.73 Å². The van der Waals surface area contributed by atoms with Gasteiger partial charge in [-0.1, -0.05) is 0 Å². The number of aromatic nitrogens is 3. The third kappa shape index (κ3) is 1.80. The Morgan fingerprint density at radius 3 is 3.06 bits per heavy atom. The summed E-state index contributed by atoms with van der Waals surface area (Å²) < 4.78 is 0. The van der Waals surface area contributed by atoms with Crippen molar-refractivity contribution in [2.24, 2.45) is 0 Å². The molecule has 94 valence electrons. The first-order chi connectivity index (χ1) is 8.75. The van der Waals surface area contributed by atoms with Gasteiger partial charge in [0, 0.05) is 44.5 Å². The van der Waals surface area contributed by atoms with Crippen LogP contribution in [0.4, 0.5) is 17.5 Å². The molecule has 0 spiro atoms. The minimum absolute atomic E-state index is 0.341. The first kappa shape index (κ1) is 11.0. The standard InChI is InChI=1S/C12H16N6/c1-18(8-2-4-14-6-8)11-9-7-15-5-3-10(9)16-12(13)17-11/h2,4,6,14-15H,3,5,7H2,1H3,(H2,13,16,17). The van der Waals surface area contributed by atoms with Gasteiger partial charge in [0.15, 0.2) is 0 Å². The average Bonchev–Trinajstić information content (AvgIpc) is 2.90. The molecular weight excluding hydrogens is 228 g/mol. The second-order valence-electron chi connectivity index (χ2n) is 4.39. The second kappa shape index (κ2) is 4.30. The van der Waals surface area contributed by atoms with Crippen LogP contribution < -0.4 is 16.0 Å². The molecule has 3 heterocycles. The summed E-state index contributed by atoms with van der Waals surface area (Å²) in [6.07, 6.45) is 4.72. The van der Waals surface area contributed by atoms with Crippen molar-refractivity contribution in [3.8, 4) is 0 Å². The lowest BCUT2D eigenvalue weighted by molar-refractivity contribution is 0.627. The highest BCUT2D eigenvalue weighted by Gasteiger charge is 2.20. The Bertz CT molecular complexity index is 548. The topological polar surface area (TPSA) is 82.9 Å². The smallest absolute Gasteiger partial charge is 0.222 e. The highest BCUT2D eigenvalue weighted by Crippen LogP contribution is 2.28. The fourth-order valence-electron chi connectivity index (χ4n) is 2.27. The minimum Gasteiger partial charge on any atom is -0.368 e. The highest BCUT2D eigenvalue weighted by atomic mass is 15.2. The zero-order valence-electron chi connectivity index (χ0n) is 10.3. The predicted molar refractivity (Wildman–Crippen MR) is 70.7 cm³/mol. The molecule has 0 atom stereocenters. The molecule has 6 heteroatoms. The minimum atomic E-state index is 0.341. The molecule has 0 unspecified atom stereocenters. The number of fused-ring (bicyclic) bond motifs is 1. The summed E-state index contributed by atoms with van der Waals surface area (Å²) in [4.78, 5) is 13.8. The van der Waals surface area contributed by atoms with Gasteiger partial charge in [-0.2, -0.15) is 4.98 Å². The third-order valence-corrected chi connectivity index (χ3v) is 3.22. The number of nitrogen functional groups attached to an aromatic ring is 1. The largest absolute Gasteiger partial charge is 0.368 e. The SMILES string of the molecule is CN(c1cc[nH]c1)c1nc(N)nc2c1CNCC2. The molecule has 18 heavy (non-hydrogen) atoms. The van der Waals surface area contributed by atoms with Gasteiger partial charge < -0.3 is 20.9 Å². The molecule has 0 amide bonds. The van der Waals surface area contributed by atoms with Crippen molar-refractivity contribution in [2.75, 3.05) is 24.2 Å². The van der Waals surface area contributed by atoms with Crippen molar-refractivity contribution in [2.45, 2.75) is 13.0 Å². The van der Waals surface area contributed by atoms with Crippen molar-refractivity contribution in [1.29, 1.82) is 0 Å². The van der Waals surface area contributed by atoms with Gasteiger partial charge in [0.1, 0.15) is 5.82 Å². The molecule has 1 aliphatic heterocycles. The van der Waals surface area contributed by atoms with E-state index in [9.17, 15) is 0 Å². The van der Waals surface area contributed by atoms with E-state index in [-0.39, 0.29) is 0 Å². The van der Waals surface area contributed by atoms with Crippen LogP contribution in [0.1, 0.15) is 11.3 Å². The molecule has 2 aromatic rings. The molecule has 0 aliphatic carbocycles. The molecular formula is C12H16N6.